The molecule has 2 aliphatic rings. The molecule has 3 amide bonds. The van der Waals surface area contributed by atoms with Gasteiger partial charge >= 0.3 is 0 Å². The second kappa shape index (κ2) is 9.51. The molecule has 0 radical (unpaired) electrons. The zero-order valence-electron chi connectivity index (χ0n) is 18.8. The molecular formula is C27H30N2O3. The molecule has 5 heteroatoms. The van der Waals surface area contributed by atoms with Gasteiger partial charge in [0.1, 0.15) is 6.04 Å². The van der Waals surface area contributed by atoms with E-state index in [-0.39, 0.29) is 24.1 Å². The lowest BCUT2D eigenvalue weighted by atomic mass is 9.96. The zero-order valence-corrected chi connectivity index (χ0v) is 18.8. The minimum Gasteiger partial charge on any atom is -0.326 e. The molecule has 2 aromatic rings. The minimum atomic E-state index is -0.778. The topological polar surface area (TPSA) is 57.7 Å². The van der Waals surface area contributed by atoms with Crippen LogP contribution >= 0.6 is 0 Å². The van der Waals surface area contributed by atoms with Crippen molar-refractivity contribution >= 4 is 23.4 Å². The number of allylic oxidation sites excluding steroid dienone is 1. The Hall–Kier alpha value is -3.21. The molecule has 0 saturated carbocycles. The Labute approximate surface area is 189 Å². The second-order valence-electron chi connectivity index (χ2n) is 8.79. The first kappa shape index (κ1) is 22.0. The standard InChI is InChI=1S/C27H30N2O3/c1-19-12-14-22(15-13-19)29-25(30)18-24(27(29)32)28(17-16-21-9-4-3-5-10-21)26(31)23-11-7-6-8-20(23)2/h6-9,11-15,24H,3-5,10,16-18H2,1-2H3. The van der Waals surface area contributed by atoms with E-state index in [1.54, 1.807) is 23.1 Å². The molecule has 5 nitrogen and oxygen atoms in total. The first-order valence-electron chi connectivity index (χ1n) is 11.4. The number of rotatable bonds is 6. The predicted molar refractivity (Wildman–Crippen MR) is 125 cm³/mol. The summed E-state index contributed by atoms with van der Waals surface area (Å²) in [6.45, 7) is 4.29. The lowest BCUT2D eigenvalue weighted by Crippen LogP contribution is -2.46. The average Bonchev–Trinajstić information content (AvgIpc) is 3.09. The van der Waals surface area contributed by atoms with E-state index in [1.165, 1.54) is 23.3 Å². The van der Waals surface area contributed by atoms with Gasteiger partial charge in [-0.1, -0.05) is 47.5 Å². The van der Waals surface area contributed by atoms with Crippen molar-refractivity contribution in [1.29, 1.82) is 0 Å². The molecule has 4 rings (SSSR count). The van der Waals surface area contributed by atoms with Crippen molar-refractivity contribution in [3.63, 3.8) is 0 Å². The van der Waals surface area contributed by atoms with E-state index in [4.69, 9.17) is 0 Å². The van der Waals surface area contributed by atoms with Crippen LogP contribution < -0.4 is 4.90 Å². The predicted octanol–water partition coefficient (Wildman–Crippen LogP) is 4.97. The maximum Gasteiger partial charge on any atom is 0.257 e. The number of amides is 3. The van der Waals surface area contributed by atoms with Crippen LogP contribution in [0.25, 0.3) is 0 Å². The molecule has 1 aliphatic carbocycles. The number of nitrogens with zero attached hydrogens (tertiary/aromatic N) is 2. The Morgan fingerprint density at radius 1 is 1.03 bits per heavy atom. The van der Waals surface area contributed by atoms with E-state index in [9.17, 15) is 14.4 Å². The number of carbonyl (C=O) groups is 3. The van der Waals surface area contributed by atoms with Crippen LogP contribution in [0.15, 0.2) is 60.2 Å². The van der Waals surface area contributed by atoms with Crippen molar-refractivity contribution in [2.24, 2.45) is 0 Å². The fourth-order valence-electron chi connectivity index (χ4n) is 4.59. The SMILES string of the molecule is Cc1ccc(N2C(=O)CC(N(CCC3=CCCCC3)C(=O)c3ccccc3C)C2=O)cc1. The average molecular weight is 431 g/mol. The summed E-state index contributed by atoms with van der Waals surface area (Å²) in [5.74, 6) is -0.766. The van der Waals surface area contributed by atoms with E-state index < -0.39 is 6.04 Å². The van der Waals surface area contributed by atoms with Crippen LogP contribution in [0.1, 0.15) is 60.0 Å². The summed E-state index contributed by atoms with van der Waals surface area (Å²) in [5.41, 5.74) is 4.41. The quantitative estimate of drug-likeness (QED) is 0.480. The molecule has 1 atom stereocenters. The molecule has 0 spiro atoms. The van der Waals surface area contributed by atoms with Gasteiger partial charge in [-0.3, -0.25) is 14.4 Å². The van der Waals surface area contributed by atoms with Crippen molar-refractivity contribution in [3.8, 4) is 0 Å². The molecule has 1 unspecified atom stereocenters. The molecular weight excluding hydrogens is 400 g/mol. The smallest absolute Gasteiger partial charge is 0.257 e. The highest BCUT2D eigenvalue weighted by molar-refractivity contribution is 6.23. The van der Waals surface area contributed by atoms with E-state index in [0.29, 0.717) is 17.8 Å². The summed E-state index contributed by atoms with van der Waals surface area (Å²) in [6, 6.07) is 14.0. The largest absolute Gasteiger partial charge is 0.326 e. The second-order valence-corrected chi connectivity index (χ2v) is 8.79. The molecule has 1 saturated heterocycles. The molecule has 1 aliphatic heterocycles. The number of benzene rings is 2. The maximum absolute atomic E-state index is 13.6. The first-order chi connectivity index (χ1) is 15.5. The minimum absolute atomic E-state index is 0.0172. The van der Waals surface area contributed by atoms with Crippen molar-refractivity contribution < 1.29 is 14.4 Å². The number of aryl methyl sites for hydroxylation is 2. The lowest BCUT2D eigenvalue weighted by molar-refractivity contribution is -0.122. The number of carbonyl (C=O) groups excluding carboxylic acids is 3. The Morgan fingerprint density at radius 3 is 2.47 bits per heavy atom. The molecule has 1 heterocycles. The van der Waals surface area contributed by atoms with Crippen LogP contribution in [0.5, 0.6) is 0 Å². The zero-order chi connectivity index (χ0) is 22.7. The van der Waals surface area contributed by atoms with Crippen molar-refractivity contribution in [3.05, 3.63) is 76.9 Å². The van der Waals surface area contributed by atoms with Gasteiger partial charge in [-0.2, -0.15) is 0 Å². The van der Waals surface area contributed by atoms with Crippen molar-refractivity contribution in [2.45, 2.75) is 58.4 Å². The number of anilines is 1. The third-order valence-corrected chi connectivity index (χ3v) is 6.49. The molecule has 2 aromatic carbocycles. The van der Waals surface area contributed by atoms with E-state index in [0.717, 1.165) is 30.4 Å². The summed E-state index contributed by atoms with van der Waals surface area (Å²) in [4.78, 5) is 42.7. The van der Waals surface area contributed by atoms with Gasteiger partial charge in [-0.05, 0) is 69.7 Å². The summed E-state index contributed by atoms with van der Waals surface area (Å²) >= 11 is 0. The van der Waals surface area contributed by atoms with Crippen LogP contribution in [-0.2, 0) is 9.59 Å². The number of imide groups is 1. The van der Waals surface area contributed by atoms with Gasteiger partial charge in [0, 0.05) is 12.1 Å². The number of hydrogen-bond acceptors (Lipinski definition) is 3. The summed E-state index contributed by atoms with van der Waals surface area (Å²) < 4.78 is 0. The van der Waals surface area contributed by atoms with Gasteiger partial charge in [0.2, 0.25) is 5.91 Å². The third-order valence-electron chi connectivity index (χ3n) is 6.49. The van der Waals surface area contributed by atoms with Gasteiger partial charge in [-0.25, -0.2) is 4.90 Å². The Balaban J connectivity index is 1.62. The highest BCUT2D eigenvalue weighted by atomic mass is 16.2. The van der Waals surface area contributed by atoms with Crippen LogP contribution in [0.4, 0.5) is 5.69 Å². The fraction of sp³-hybridized carbons (Fsp3) is 0.370. The molecule has 32 heavy (non-hydrogen) atoms. The highest BCUT2D eigenvalue weighted by Gasteiger charge is 2.44. The summed E-state index contributed by atoms with van der Waals surface area (Å²) in [5, 5.41) is 0. The van der Waals surface area contributed by atoms with Gasteiger partial charge in [-0.15, -0.1) is 0 Å². The first-order valence-corrected chi connectivity index (χ1v) is 11.4. The molecule has 166 valence electrons. The highest BCUT2D eigenvalue weighted by Crippen LogP contribution is 2.29. The van der Waals surface area contributed by atoms with E-state index in [1.807, 2.05) is 44.2 Å². The van der Waals surface area contributed by atoms with Crippen LogP contribution in [-0.4, -0.2) is 35.2 Å². The van der Waals surface area contributed by atoms with Crippen LogP contribution in [0, 0.1) is 13.8 Å². The van der Waals surface area contributed by atoms with Gasteiger partial charge in [0.25, 0.3) is 11.8 Å². The Kier molecular flexibility index (Phi) is 6.54. The third kappa shape index (κ3) is 4.52. The van der Waals surface area contributed by atoms with Crippen molar-refractivity contribution in [2.75, 3.05) is 11.4 Å². The molecule has 1 fully saturated rings. The van der Waals surface area contributed by atoms with Gasteiger partial charge in [0.15, 0.2) is 0 Å². The Bertz CT molecular complexity index is 1050. The van der Waals surface area contributed by atoms with Gasteiger partial charge in [0.05, 0.1) is 12.1 Å². The van der Waals surface area contributed by atoms with Crippen LogP contribution in [0.2, 0.25) is 0 Å². The Morgan fingerprint density at radius 2 is 1.78 bits per heavy atom. The number of hydrogen-bond donors (Lipinski definition) is 0. The normalized spacial score (nSPS) is 18.6. The van der Waals surface area contributed by atoms with E-state index in [2.05, 4.69) is 6.08 Å². The molecule has 0 N–H and O–H groups in total. The lowest BCUT2D eigenvalue weighted by Gasteiger charge is -2.29. The summed E-state index contributed by atoms with van der Waals surface area (Å²) in [6.07, 6.45) is 7.50. The van der Waals surface area contributed by atoms with E-state index >= 15 is 0 Å². The molecule has 0 bridgehead atoms. The maximum atomic E-state index is 13.6. The van der Waals surface area contributed by atoms with Crippen molar-refractivity contribution in [1.82, 2.24) is 4.90 Å². The van der Waals surface area contributed by atoms with Crippen LogP contribution in [0.3, 0.4) is 0 Å². The fourth-order valence-corrected chi connectivity index (χ4v) is 4.59. The monoisotopic (exact) mass is 430 g/mol. The van der Waals surface area contributed by atoms with Gasteiger partial charge < -0.3 is 4.90 Å². The summed E-state index contributed by atoms with van der Waals surface area (Å²) in [7, 11) is 0. The molecule has 0 aromatic heterocycles.